The van der Waals surface area contributed by atoms with Crippen molar-refractivity contribution in [3.05, 3.63) is 66.1 Å². The van der Waals surface area contributed by atoms with Crippen LogP contribution in [0.1, 0.15) is 22.2 Å². The lowest BCUT2D eigenvalue weighted by molar-refractivity contribution is -0.274. The molecule has 0 aliphatic carbocycles. The third-order valence-electron chi connectivity index (χ3n) is 5.22. The zero-order valence-corrected chi connectivity index (χ0v) is 17.1. The first-order valence-corrected chi connectivity index (χ1v) is 9.87. The molecule has 32 heavy (non-hydrogen) atoms. The predicted molar refractivity (Wildman–Crippen MR) is 107 cm³/mol. The minimum Gasteiger partial charge on any atom is -0.420 e. The summed E-state index contributed by atoms with van der Waals surface area (Å²) in [5, 5.41) is 8.31. The van der Waals surface area contributed by atoms with Crippen LogP contribution in [0, 0.1) is 5.92 Å². The van der Waals surface area contributed by atoms with Crippen molar-refractivity contribution in [3.63, 3.8) is 0 Å². The monoisotopic (exact) mass is 447 g/mol. The zero-order chi connectivity index (χ0) is 22.7. The van der Waals surface area contributed by atoms with Gasteiger partial charge in [0.2, 0.25) is 11.8 Å². The van der Waals surface area contributed by atoms with E-state index in [1.54, 1.807) is 12.0 Å². The van der Waals surface area contributed by atoms with Crippen LogP contribution in [-0.2, 0) is 4.74 Å². The van der Waals surface area contributed by atoms with Crippen molar-refractivity contribution < 1.29 is 31.9 Å². The number of nitrogens with zero attached hydrogens (tertiary/aromatic N) is 3. The van der Waals surface area contributed by atoms with Crippen molar-refractivity contribution in [1.29, 1.82) is 0 Å². The SMILES string of the molecule is COCC1CN(C(=O)c2ccc(OC(F)(F)F)cc2)CC1c1nnc(-c2ccccc2)o1. The quantitative estimate of drug-likeness (QED) is 0.565. The summed E-state index contributed by atoms with van der Waals surface area (Å²) in [5.74, 6) is -0.186. The fourth-order valence-electron chi connectivity index (χ4n) is 3.76. The van der Waals surface area contributed by atoms with Gasteiger partial charge in [-0.1, -0.05) is 18.2 Å². The molecule has 4 rings (SSSR count). The summed E-state index contributed by atoms with van der Waals surface area (Å²) < 4.78 is 52.1. The van der Waals surface area contributed by atoms with E-state index in [0.717, 1.165) is 17.7 Å². The van der Waals surface area contributed by atoms with E-state index in [0.29, 0.717) is 31.5 Å². The Labute approximate surface area is 181 Å². The Balaban J connectivity index is 1.50. The summed E-state index contributed by atoms with van der Waals surface area (Å²) in [7, 11) is 1.57. The molecule has 2 aromatic carbocycles. The van der Waals surface area contributed by atoms with E-state index >= 15 is 0 Å². The molecule has 1 aliphatic heterocycles. The number of carbonyl (C=O) groups excluding carboxylic acids is 1. The molecule has 0 spiro atoms. The minimum atomic E-state index is -4.79. The number of benzene rings is 2. The Morgan fingerprint density at radius 1 is 1.09 bits per heavy atom. The van der Waals surface area contributed by atoms with Crippen LogP contribution in [0.25, 0.3) is 11.5 Å². The highest BCUT2D eigenvalue weighted by molar-refractivity contribution is 5.94. The third-order valence-corrected chi connectivity index (χ3v) is 5.22. The normalized spacial score (nSPS) is 18.7. The summed E-state index contributed by atoms with van der Waals surface area (Å²) in [6, 6.07) is 14.2. The first-order chi connectivity index (χ1) is 15.3. The van der Waals surface area contributed by atoms with Gasteiger partial charge in [-0.05, 0) is 36.4 Å². The maximum Gasteiger partial charge on any atom is 0.573 e. The number of aromatic nitrogens is 2. The molecule has 2 unspecified atom stereocenters. The van der Waals surface area contributed by atoms with E-state index in [-0.39, 0.29) is 29.1 Å². The molecule has 0 saturated carbocycles. The second-order valence-corrected chi connectivity index (χ2v) is 7.42. The molecule has 7 nitrogen and oxygen atoms in total. The van der Waals surface area contributed by atoms with Gasteiger partial charge >= 0.3 is 6.36 Å². The van der Waals surface area contributed by atoms with E-state index in [1.807, 2.05) is 30.3 Å². The molecule has 0 N–H and O–H groups in total. The number of alkyl halides is 3. The van der Waals surface area contributed by atoms with Gasteiger partial charge in [0.05, 0.1) is 12.5 Å². The molecule has 0 radical (unpaired) electrons. The summed E-state index contributed by atoms with van der Waals surface area (Å²) >= 11 is 0. The molecule has 1 aromatic heterocycles. The number of likely N-dealkylation sites (tertiary alicyclic amines) is 1. The molecule has 2 heterocycles. The van der Waals surface area contributed by atoms with Gasteiger partial charge in [-0.25, -0.2) is 0 Å². The Morgan fingerprint density at radius 2 is 1.81 bits per heavy atom. The summed E-state index contributed by atoms with van der Waals surface area (Å²) in [4.78, 5) is 14.6. The number of ether oxygens (including phenoxy) is 2. The van der Waals surface area contributed by atoms with E-state index < -0.39 is 6.36 Å². The molecule has 0 bridgehead atoms. The van der Waals surface area contributed by atoms with Crippen molar-refractivity contribution in [2.75, 3.05) is 26.8 Å². The lowest BCUT2D eigenvalue weighted by Gasteiger charge is -2.16. The van der Waals surface area contributed by atoms with Gasteiger partial charge in [0.1, 0.15) is 5.75 Å². The summed E-state index contributed by atoms with van der Waals surface area (Å²) in [6.45, 7) is 1.10. The van der Waals surface area contributed by atoms with Crippen molar-refractivity contribution in [2.24, 2.45) is 5.92 Å². The van der Waals surface area contributed by atoms with Gasteiger partial charge in [-0.2, -0.15) is 0 Å². The Hall–Kier alpha value is -3.40. The van der Waals surface area contributed by atoms with Crippen LogP contribution in [0.2, 0.25) is 0 Å². The van der Waals surface area contributed by atoms with Crippen LogP contribution in [0.4, 0.5) is 13.2 Å². The van der Waals surface area contributed by atoms with Gasteiger partial charge in [0.25, 0.3) is 5.91 Å². The van der Waals surface area contributed by atoms with Gasteiger partial charge in [0.15, 0.2) is 0 Å². The smallest absolute Gasteiger partial charge is 0.420 e. The molecule has 1 aliphatic rings. The van der Waals surface area contributed by atoms with Crippen LogP contribution >= 0.6 is 0 Å². The van der Waals surface area contributed by atoms with Gasteiger partial charge < -0.3 is 18.8 Å². The highest BCUT2D eigenvalue weighted by atomic mass is 19.4. The van der Waals surface area contributed by atoms with E-state index in [2.05, 4.69) is 14.9 Å². The number of amides is 1. The fourth-order valence-corrected chi connectivity index (χ4v) is 3.76. The first-order valence-electron chi connectivity index (χ1n) is 9.87. The van der Waals surface area contributed by atoms with E-state index in [1.165, 1.54) is 12.1 Å². The Bertz CT molecular complexity index is 1050. The second kappa shape index (κ2) is 8.99. The standard InChI is InChI=1S/C22H20F3N3O4/c1-30-13-16-11-28(21(29)15-7-9-17(10-8-15)32-22(23,24)25)12-18(16)20-27-26-19(31-20)14-5-3-2-4-6-14/h2-10,16,18H,11-13H2,1H3. The van der Waals surface area contributed by atoms with E-state index in [4.69, 9.17) is 9.15 Å². The third kappa shape index (κ3) is 4.91. The molecule has 2 atom stereocenters. The molecule has 1 fully saturated rings. The van der Waals surface area contributed by atoms with Crippen LogP contribution in [-0.4, -0.2) is 54.2 Å². The zero-order valence-electron chi connectivity index (χ0n) is 17.1. The van der Waals surface area contributed by atoms with Crippen LogP contribution in [0.15, 0.2) is 59.0 Å². The van der Waals surface area contributed by atoms with Gasteiger partial charge in [-0.15, -0.1) is 23.4 Å². The average molecular weight is 447 g/mol. The molecule has 1 amide bonds. The predicted octanol–water partition coefficient (Wildman–Crippen LogP) is 4.14. The maximum atomic E-state index is 13.0. The number of halogens is 3. The number of hydrogen-bond acceptors (Lipinski definition) is 6. The van der Waals surface area contributed by atoms with Crippen molar-refractivity contribution in [3.8, 4) is 17.2 Å². The minimum absolute atomic E-state index is 0.0686. The Morgan fingerprint density at radius 3 is 2.47 bits per heavy atom. The van der Waals surface area contributed by atoms with Gasteiger partial charge in [0, 0.05) is 37.2 Å². The highest BCUT2D eigenvalue weighted by Gasteiger charge is 2.39. The second-order valence-electron chi connectivity index (χ2n) is 7.42. The van der Waals surface area contributed by atoms with Gasteiger partial charge in [-0.3, -0.25) is 4.79 Å². The van der Waals surface area contributed by atoms with Crippen molar-refractivity contribution >= 4 is 5.91 Å². The maximum absolute atomic E-state index is 13.0. The number of rotatable bonds is 6. The van der Waals surface area contributed by atoms with Crippen LogP contribution < -0.4 is 4.74 Å². The lowest BCUT2D eigenvalue weighted by Crippen LogP contribution is -2.29. The number of hydrogen-bond donors (Lipinski definition) is 0. The molecule has 1 saturated heterocycles. The number of methoxy groups -OCH3 is 1. The highest BCUT2D eigenvalue weighted by Crippen LogP contribution is 2.34. The molecule has 168 valence electrons. The molecule has 10 heteroatoms. The number of carbonyl (C=O) groups is 1. The van der Waals surface area contributed by atoms with Crippen LogP contribution in [0.3, 0.4) is 0 Å². The molecular weight excluding hydrogens is 427 g/mol. The lowest BCUT2D eigenvalue weighted by atomic mass is 9.97. The van der Waals surface area contributed by atoms with Crippen LogP contribution in [0.5, 0.6) is 5.75 Å². The first kappa shape index (κ1) is 21.8. The molecular formula is C22H20F3N3O4. The van der Waals surface area contributed by atoms with E-state index in [9.17, 15) is 18.0 Å². The van der Waals surface area contributed by atoms with Crippen molar-refractivity contribution in [2.45, 2.75) is 12.3 Å². The Kier molecular flexibility index (Phi) is 6.13. The topological polar surface area (TPSA) is 77.7 Å². The van der Waals surface area contributed by atoms with Crippen molar-refractivity contribution in [1.82, 2.24) is 15.1 Å². The fraction of sp³-hybridized carbons (Fsp3) is 0.318. The largest absolute Gasteiger partial charge is 0.573 e. The average Bonchev–Trinajstić information content (AvgIpc) is 3.41. The molecule has 3 aromatic rings. The summed E-state index contributed by atoms with van der Waals surface area (Å²) in [6.07, 6.45) is -4.79. The summed E-state index contributed by atoms with van der Waals surface area (Å²) in [5.41, 5.74) is 1.05.